The second-order valence-corrected chi connectivity index (χ2v) is 12.7. The highest BCUT2D eigenvalue weighted by Gasteiger charge is 2.35. The summed E-state index contributed by atoms with van der Waals surface area (Å²) in [4.78, 5) is 13.2. The molecule has 18 heteroatoms. The molecule has 0 spiro atoms. The molecule has 3 atom stereocenters. The van der Waals surface area contributed by atoms with Gasteiger partial charge >= 0.3 is 18.0 Å². The smallest absolute Gasteiger partial charge is 0.332 e. The minimum absolute atomic E-state index is 0.0790. The zero-order valence-electron chi connectivity index (χ0n) is 26.7. The fourth-order valence-corrected chi connectivity index (χ4v) is 6.32. The molecule has 0 saturated carbocycles. The van der Waals surface area contributed by atoms with Crippen LogP contribution in [0.4, 0.5) is 0 Å². The van der Waals surface area contributed by atoms with Crippen LogP contribution in [-0.2, 0) is 0 Å². The van der Waals surface area contributed by atoms with Gasteiger partial charge in [0.1, 0.15) is 0 Å². The van der Waals surface area contributed by atoms with Crippen molar-refractivity contribution < 1.29 is 14.2 Å². The molecule has 3 aliphatic heterocycles. The van der Waals surface area contributed by atoms with E-state index in [1.165, 1.54) is 15.0 Å². The molecule has 4 aromatic rings. The molecule has 6 N–H and O–H groups in total. The van der Waals surface area contributed by atoms with Crippen LogP contribution in [0.3, 0.4) is 0 Å². The van der Waals surface area contributed by atoms with Crippen molar-refractivity contribution in [3.05, 3.63) is 108 Å². The predicted molar refractivity (Wildman–Crippen MR) is 201 cm³/mol. The van der Waals surface area contributed by atoms with Gasteiger partial charge in [0.25, 0.3) is 0 Å². The van der Waals surface area contributed by atoms with Crippen molar-refractivity contribution in [3.8, 4) is 18.0 Å². The molecule has 0 bridgehead atoms. The first-order chi connectivity index (χ1) is 24.7. The number of thiocarbonyl (C=S) groups is 3. The van der Waals surface area contributed by atoms with E-state index in [1.807, 2.05) is 91.0 Å². The minimum atomic E-state index is -0.297. The maximum Gasteiger partial charge on any atom is 0.332 e. The van der Waals surface area contributed by atoms with E-state index in [4.69, 9.17) is 68.1 Å². The van der Waals surface area contributed by atoms with Gasteiger partial charge in [-0.2, -0.15) is 0 Å². The molecule has 0 aliphatic carbocycles. The van der Waals surface area contributed by atoms with E-state index in [0.717, 1.165) is 16.7 Å². The molecular weight excluding hydrogens is 709 g/mol. The largest absolute Gasteiger partial charge is 0.407 e. The molecule has 0 radical (unpaired) electrons. The molecule has 3 aliphatic rings. The number of nitrogens with two attached hydrogens (primary N) is 3. The second kappa shape index (κ2) is 14.6. The maximum atomic E-state index is 6.11. The van der Waals surface area contributed by atoms with Crippen LogP contribution >= 0.6 is 36.7 Å². The lowest BCUT2D eigenvalue weighted by Gasteiger charge is -2.21. The quantitative estimate of drug-likeness (QED) is 0.240. The normalized spacial score (nSPS) is 19.6. The zero-order chi connectivity index (χ0) is 35.5. The van der Waals surface area contributed by atoms with Gasteiger partial charge in [-0.15, -0.1) is 30.3 Å². The number of hydrazone groups is 3. The number of nitrogens with zero attached hydrogens (tertiary/aromatic N) is 9. The standard InChI is InChI=1S/C33H30N12O3S3/c34-28(49)43-22(19-10-4-1-5-11-19)16-25(40-43)46-31-37-32(47-26-17-23(44(41-26)29(35)50)20-12-6-2-7-13-20)39-33(38-31)48-27-18-24(45(42-27)30(36)51)21-14-8-3-9-15-21/h1-15,22-24H,16-18H2,(H2,34,49)(H2,35,50)(H2,36,51). The number of hydrogen-bond donors (Lipinski definition) is 3. The SMILES string of the molecule is NC(=S)N1N=C(Oc2nc(OC3=NN(C(N)=S)C(c4ccccc4)C3)nc(OC3=NN(C(N)=S)C(c4ccccc4)C3)n2)CC1c1ccccc1. The van der Waals surface area contributed by atoms with E-state index < -0.39 is 0 Å². The number of benzene rings is 3. The van der Waals surface area contributed by atoms with E-state index in [9.17, 15) is 0 Å². The first-order valence-electron chi connectivity index (χ1n) is 15.6. The summed E-state index contributed by atoms with van der Waals surface area (Å²) < 4.78 is 18.3. The molecule has 3 aromatic carbocycles. The second-order valence-electron chi connectivity index (χ2n) is 11.4. The van der Waals surface area contributed by atoms with Crippen LogP contribution in [0.25, 0.3) is 0 Å². The Bertz CT molecular complexity index is 1810. The van der Waals surface area contributed by atoms with Crippen molar-refractivity contribution in [1.29, 1.82) is 0 Å². The average Bonchev–Trinajstić information content (AvgIpc) is 3.87. The molecule has 0 saturated heterocycles. The molecule has 0 amide bonds. The Labute approximate surface area is 308 Å². The summed E-state index contributed by atoms with van der Waals surface area (Å²) in [5, 5.41) is 18.3. The molecule has 4 heterocycles. The van der Waals surface area contributed by atoms with Crippen LogP contribution in [0.1, 0.15) is 54.1 Å². The van der Waals surface area contributed by atoms with Gasteiger partial charge in [-0.05, 0) is 53.3 Å². The van der Waals surface area contributed by atoms with Crippen molar-refractivity contribution in [3.63, 3.8) is 0 Å². The van der Waals surface area contributed by atoms with Gasteiger partial charge < -0.3 is 31.4 Å². The van der Waals surface area contributed by atoms with E-state index >= 15 is 0 Å². The zero-order valence-corrected chi connectivity index (χ0v) is 29.2. The Morgan fingerprint density at radius 3 is 0.961 bits per heavy atom. The molecule has 0 fully saturated rings. The summed E-state index contributed by atoms with van der Waals surface area (Å²) in [5.41, 5.74) is 20.9. The Morgan fingerprint density at radius 1 is 0.471 bits per heavy atom. The first kappa shape index (κ1) is 33.6. The van der Waals surface area contributed by atoms with Crippen molar-refractivity contribution in [2.75, 3.05) is 0 Å². The molecule has 3 unspecified atom stereocenters. The lowest BCUT2D eigenvalue weighted by molar-refractivity contribution is 0.373. The Hall–Kier alpha value is -5.85. The highest BCUT2D eigenvalue weighted by Crippen LogP contribution is 2.34. The number of aromatic nitrogens is 3. The van der Waals surface area contributed by atoms with Crippen molar-refractivity contribution >= 4 is 69.7 Å². The van der Waals surface area contributed by atoms with Gasteiger partial charge in [0.2, 0.25) is 17.7 Å². The van der Waals surface area contributed by atoms with Gasteiger partial charge in [0.05, 0.1) is 37.4 Å². The summed E-state index contributed by atoms with van der Waals surface area (Å²) in [5.74, 6) is 0.760. The third-order valence-corrected chi connectivity index (χ3v) is 8.64. The lowest BCUT2D eigenvalue weighted by atomic mass is 10.0. The monoisotopic (exact) mass is 738 g/mol. The minimum Gasteiger partial charge on any atom is -0.407 e. The van der Waals surface area contributed by atoms with Crippen LogP contribution in [0.5, 0.6) is 18.0 Å². The predicted octanol–water partition coefficient (Wildman–Crippen LogP) is 4.02. The van der Waals surface area contributed by atoms with Crippen molar-refractivity contribution in [1.82, 2.24) is 30.0 Å². The molecule has 51 heavy (non-hydrogen) atoms. The summed E-state index contributed by atoms with van der Waals surface area (Å²) in [7, 11) is 0. The molecule has 15 nitrogen and oxygen atoms in total. The Balaban J connectivity index is 1.18. The number of hydrogen-bond acceptors (Lipinski definition) is 12. The number of ether oxygens (including phenoxy) is 3. The van der Waals surface area contributed by atoms with Gasteiger partial charge in [-0.1, -0.05) is 91.0 Å². The van der Waals surface area contributed by atoms with Crippen LogP contribution < -0.4 is 31.4 Å². The van der Waals surface area contributed by atoms with Gasteiger partial charge in [-0.25, -0.2) is 15.0 Å². The van der Waals surface area contributed by atoms with E-state index in [2.05, 4.69) is 30.3 Å². The Kier molecular flexibility index (Phi) is 9.60. The molecule has 1 aromatic heterocycles. The average molecular weight is 739 g/mol. The van der Waals surface area contributed by atoms with Crippen LogP contribution in [0.15, 0.2) is 106 Å². The van der Waals surface area contributed by atoms with E-state index in [0.29, 0.717) is 19.3 Å². The van der Waals surface area contributed by atoms with Gasteiger partial charge in [0.15, 0.2) is 15.3 Å². The summed E-state index contributed by atoms with van der Waals surface area (Å²) in [6.07, 6.45) is 0.965. The van der Waals surface area contributed by atoms with Gasteiger partial charge in [-0.3, -0.25) is 0 Å². The van der Waals surface area contributed by atoms with Gasteiger partial charge in [0, 0.05) is 0 Å². The summed E-state index contributed by atoms with van der Waals surface area (Å²) >= 11 is 15.9. The third kappa shape index (κ3) is 7.52. The highest BCUT2D eigenvalue weighted by molar-refractivity contribution is 7.80. The first-order valence-corrected chi connectivity index (χ1v) is 16.9. The fraction of sp³-hybridized carbons (Fsp3) is 0.182. The topological polar surface area (TPSA) is 191 Å². The third-order valence-electron chi connectivity index (χ3n) is 8.08. The van der Waals surface area contributed by atoms with E-state index in [1.54, 1.807) is 0 Å². The number of rotatable bonds is 6. The van der Waals surface area contributed by atoms with Crippen LogP contribution in [-0.4, -0.2) is 63.0 Å². The molecular formula is C33H30N12O3S3. The van der Waals surface area contributed by atoms with Crippen molar-refractivity contribution in [2.24, 2.45) is 32.5 Å². The summed E-state index contributed by atoms with van der Waals surface area (Å²) in [6.45, 7) is 0. The fourth-order valence-electron chi connectivity index (χ4n) is 5.82. The van der Waals surface area contributed by atoms with Crippen LogP contribution in [0.2, 0.25) is 0 Å². The lowest BCUT2D eigenvalue weighted by Crippen LogP contribution is -2.31. The van der Waals surface area contributed by atoms with Crippen molar-refractivity contribution in [2.45, 2.75) is 37.4 Å². The molecule has 258 valence electrons. The van der Waals surface area contributed by atoms with E-state index in [-0.39, 0.29) is 69.2 Å². The van der Waals surface area contributed by atoms with Crippen LogP contribution in [0, 0.1) is 0 Å². The maximum absolute atomic E-state index is 6.11. The molecule has 7 rings (SSSR count). The highest BCUT2D eigenvalue weighted by atomic mass is 32.1. The summed E-state index contributed by atoms with van der Waals surface area (Å²) in [6, 6.07) is 27.6. The Morgan fingerprint density at radius 2 is 0.725 bits per heavy atom.